The molecule has 0 bridgehead atoms. The summed E-state index contributed by atoms with van der Waals surface area (Å²) >= 11 is 0. The molecule has 0 unspecified atom stereocenters. The van der Waals surface area contributed by atoms with E-state index >= 15 is 0 Å². The summed E-state index contributed by atoms with van der Waals surface area (Å²) in [6.07, 6.45) is 1.32. The van der Waals surface area contributed by atoms with Gasteiger partial charge in [0.1, 0.15) is 23.0 Å². The Hall–Kier alpha value is -4.70. The van der Waals surface area contributed by atoms with Crippen LogP contribution in [-0.2, 0) is 36.9 Å². The van der Waals surface area contributed by atoms with Crippen LogP contribution in [-0.4, -0.2) is 55.1 Å². The van der Waals surface area contributed by atoms with E-state index < -0.39 is 58.2 Å². The van der Waals surface area contributed by atoms with Gasteiger partial charge in [0.2, 0.25) is 0 Å². The van der Waals surface area contributed by atoms with Crippen LogP contribution in [0.1, 0.15) is 22.3 Å². The maximum Gasteiger partial charge on any atom is 0.280 e. The summed E-state index contributed by atoms with van der Waals surface area (Å²) in [5, 5.41) is 23.4. The number of benzene rings is 3. The minimum Gasteiger partial charge on any atom is -0.496 e. The van der Waals surface area contributed by atoms with Crippen LogP contribution in [0.4, 0.5) is 11.4 Å². The third-order valence-corrected chi connectivity index (χ3v) is 8.92. The van der Waals surface area contributed by atoms with Crippen LogP contribution in [0, 0.1) is 20.2 Å². The first-order valence-corrected chi connectivity index (χ1v) is 15.7. The number of nitro benzene ring substituents is 2. The Balaban J connectivity index is 1.89. The second kappa shape index (κ2) is 13.5. The fourth-order valence-electron chi connectivity index (χ4n) is 4.17. The summed E-state index contributed by atoms with van der Waals surface area (Å²) in [5.41, 5.74) is -0.755. The van der Waals surface area contributed by atoms with E-state index in [9.17, 15) is 37.1 Å². The molecule has 0 atom stereocenters. The van der Waals surface area contributed by atoms with Gasteiger partial charge in [-0.25, -0.2) is 16.8 Å². The minimum atomic E-state index is -4.09. The summed E-state index contributed by atoms with van der Waals surface area (Å²) in [6.45, 7) is 0. The molecule has 3 aromatic carbocycles. The van der Waals surface area contributed by atoms with Crippen LogP contribution in [0.5, 0.6) is 23.0 Å². The van der Waals surface area contributed by atoms with Gasteiger partial charge in [0.15, 0.2) is 19.7 Å². The highest BCUT2D eigenvalue weighted by molar-refractivity contribution is 7.93. The first kappa shape index (κ1) is 32.8. The molecule has 230 valence electrons. The molecule has 0 radical (unpaired) electrons. The Kier molecular flexibility index (Phi) is 10.3. The summed E-state index contributed by atoms with van der Waals surface area (Å²) in [7, 11) is -2.40. The number of hydrogen-bond acceptors (Lipinski definition) is 12. The van der Waals surface area contributed by atoms with Gasteiger partial charge in [-0.3, -0.25) is 20.2 Å². The number of methoxy groups -OCH3 is 4. The van der Waals surface area contributed by atoms with Gasteiger partial charge in [0.05, 0.1) is 67.2 Å². The number of hydrogen-bond donors (Lipinski definition) is 0. The monoisotopic (exact) mass is 636 g/mol. The van der Waals surface area contributed by atoms with Gasteiger partial charge >= 0.3 is 0 Å². The molecule has 0 N–H and O–H groups in total. The van der Waals surface area contributed by atoms with Crippen molar-refractivity contribution in [1.82, 2.24) is 0 Å². The summed E-state index contributed by atoms with van der Waals surface area (Å²) in [4.78, 5) is 20.7. The lowest BCUT2D eigenvalue weighted by molar-refractivity contribution is -0.394. The molecule has 0 aliphatic carbocycles. The molecule has 14 nitrogen and oxygen atoms in total. The van der Waals surface area contributed by atoms with E-state index in [1.54, 1.807) is 12.1 Å². The zero-order valence-electron chi connectivity index (χ0n) is 23.5. The highest BCUT2D eigenvalue weighted by Crippen LogP contribution is 2.35. The molecule has 0 amide bonds. The number of ether oxygens (including phenoxy) is 4. The van der Waals surface area contributed by atoms with Gasteiger partial charge in [-0.05, 0) is 23.8 Å². The molecule has 0 aromatic heterocycles. The standard InChI is InChI=1S/C27H28N2O12S2/c1-38-22-13-26(40-3)23(27(14-22)41-4)9-10-42(34,35)15-18-5-8-25(39-2)20(11-18)17-43(36,37)16-19-6-7-21(28(30)31)12-24(19)29(32)33/h5-14H,15-17H2,1-4H3/b10-9+. The fourth-order valence-corrected chi connectivity index (χ4v) is 6.77. The number of rotatable bonds is 14. The van der Waals surface area contributed by atoms with Crippen molar-refractivity contribution in [1.29, 1.82) is 0 Å². The van der Waals surface area contributed by atoms with E-state index in [0.29, 0.717) is 28.9 Å². The van der Waals surface area contributed by atoms with Crippen molar-refractivity contribution in [2.75, 3.05) is 28.4 Å². The van der Waals surface area contributed by atoms with Crippen LogP contribution in [0.2, 0.25) is 0 Å². The number of nitrogens with zero attached hydrogens (tertiary/aromatic N) is 2. The SMILES string of the molecule is COc1cc(OC)c(/C=C/S(=O)(=O)Cc2ccc(OC)c(CS(=O)(=O)Cc3ccc([N+](=O)[O-])cc3[N+](=O)[O-])c2)c(OC)c1. The van der Waals surface area contributed by atoms with Crippen LogP contribution in [0.25, 0.3) is 6.08 Å². The van der Waals surface area contributed by atoms with Gasteiger partial charge in [-0.1, -0.05) is 12.1 Å². The molecular formula is C27H28N2O12S2. The third kappa shape index (κ3) is 8.42. The van der Waals surface area contributed by atoms with E-state index in [2.05, 4.69) is 0 Å². The van der Waals surface area contributed by atoms with Crippen LogP contribution < -0.4 is 18.9 Å². The highest BCUT2D eigenvalue weighted by atomic mass is 32.2. The van der Waals surface area contributed by atoms with Crippen molar-refractivity contribution >= 4 is 37.1 Å². The Morgan fingerprint density at radius 2 is 1.30 bits per heavy atom. The average molecular weight is 637 g/mol. The molecule has 0 heterocycles. The maximum atomic E-state index is 13.1. The van der Waals surface area contributed by atoms with Crippen molar-refractivity contribution in [3.8, 4) is 23.0 Å². The fraction of sp³-hybridized carbons (Fsp3) is 0.259. The lowest BCUT2D eigenvalue weighted by atomic mass is 10.1. The Morgan fingerprint density at radius 1 is 0.698 bits per heavy atom. The van der Waals surface area contributed by atoms with Crippen LogP contribution >= 0.6 is 0 Å². The molecule has 16 heteroatoms. The molecule has 0 saturated carbocycles. The predicted octanol–water partition coefficient (Wildman–Crippen LogP) is 4.24. The average Bonchev–Trinajstić information content (AvgIpc) is 2.95. The highest BCUT2D eigenvalue weighted by Gasteiger charge is 2.25. The lowest BCUT2D eigenvalue weighted by Crippen LogP contribution is -2.11. The van der Waals surface area contributed by atoms with E-state index in [-0.39, 0.29) is 22.4 Å². The molecule has 3 aromatic rings. The normalized spacial score (nSPS) is 11.7. The molecule has 0 saturated heterocycles. The number of non-ortho nitro benzene ring substituents is 1. The number of sulfone groups is 2. The van der Waals surface area contributed by atoms with Crippen molar-refractivity contribution in [3.05, 3.63) is 96.4 Å². The zero-order chi connectivity index (χ0) is 31.9. The molecular weight excluding hydrogens is 608 g/mol. The summed E-state index contributed by atoms with van der Waals surface area (Å²) in [6, 6.07) is 10.1. The van der Waals surface area contributed by atoms with Crippen molar-refractivity contribution < 1.29 is 45.6 Å². The first-order chi connectivity index (χ1) is 20.2. The second-order valence-corrected chi connectivity index (χ2v) is 13.0. The molecule has 3 rings (SSSR count). The van der Waals surface area contributed by atoms with Gasteiger partial charge in [-0.2, -0.15) is 0 Å². The Bertz CT molecular complexity index is 1760. The third-order valence-electron chi connectivity index (χ3n) is 6.14. The van der Waals surface area contributed by atoms with Gasteiger partial charge in [-0.15, -0.1) is 0 Å². The van der Waals surface area contributed by atoms with Gasteiger partial charge in [0.25, 0.3) is 11.4 Å². The van der Waals surface area contributed by atoms with Crippen molar-refractivity contribution in [2.24, 2.45) is 0 Å². The summed E-state index contributed by atoms with van der Waals surface area (Å²) < 4.78 is 73.3. The predicted molar refractivity (Wildman–Crippen MR) is 157 cm³/mol. The number of nitro groups is 2. The minimum absolute atomic E-state index is 0.127. The molecule has 0 aliphatic heterocycles. The Labute approximate surface area is 247 Å². The second-order valence-electron chi connectivity index (χ2n) is 9.06. The van der Waals surface area contributed by atoms with Gasteiger partial charge in [0, 0.05) is 34.7 Å². The van der Waals surface area contributed by atoms with Crippen LogP contribution in [0.3, 0.4) is 0 Å². The quantitative estimate of drug-likeness (QED) is 0.181. The van der Waals surface area contributed by atoms with Crippen LogP contribution in [0.15, 0.2) is 53.9 Å². The molecule has 0 aliphatic rings. The largest absolute Gasteiger partial charge is 0.496 e. The van der Waals surface area contributed by atoms with E-state index in [1.807, 2.05) is 0 Å². The van der Waals surface area contributed by atoms with E-state index in [4.69, 9.17) is 18.9 Å². The van der Waals surface area contributed by atoms with E-state index in [1.165, 1.54) is 52.7 Å². The maximum absolute atomic E-state index is 13.1. The zero-order valence-corrected chi connectivity index (χ0v) is 25.1. The van der Waals surface area contributed by atoms with Gasteiger partial charge < -0.3 is 18.9 Å². The lowest BCUT2D eigenvalue weighted by Gasteiger charge is -2.13. The molecule has 43 heavy (non-hydrogen) atoms. The smallest absolute Gasteiger partial charge is 0.280 e. The Morgan fingerprint density at radius 3 is 1.84 bits per heavy atom. The molecule has 0 spiro atoms. The van der Waals surface area contributed by atoms with E-state index in [0.717, 1.165) is 17.5 Å². The van der Waals surface area contributed by atoms with Crippen molar-refractivity contribution in [3.63, 3.8) is 0 Å². The van der Waals surface area contributed by atoms with Crippen molar-refractivity contribution in [2.45, 2.75) is 17.3 Å². The summed E-state index contributed by atoms with van der Waals surface area (Å²) in [5.74, 6) is -0.700. The first-order valence-electron chi connectivity index (χ1n) is 12.2. The molecule has 0 fully saturated rings. The topological polar surface area (TPSA) is 191 Å².